The SMILES string of the molecule is CC(CCN(C)C)Nc1nc(N)ncc1[N+](=O)[O-]. The summed E-state index contributed by atoms with van der Waals surface area (Å²) in [5, 5.41) is 13.8. The molecule has 100 valence electrons. The molecule has 1 aromatic rings. The molecule has 8 nitrogen and oxygen atoms in total. The molecule has 0 spiro atoms. The number of aromatic nitrogens is 2. The minimum Gasteiger partial charge on any atom is -0.368 e. The third-order valence-electron chi connectivity index (χ3n) is 2.38. The van der Waals surface area contributed by atoms with Gasteiger partial charge < -0.3 is 16.0 Å². The van der Waals surface area contributed by atoms with Gasteiger partial charge in [-0.1, -0.05) is 0 Å². The number of rotatable bonds is 6. The molecule has 1 heterocycles. The minimum atomic E-state index is -0.527. The lowest BCUT2D eigenvalue weighted by molar-refractivity contribution is -0.384. The molecule has 0 aliphatic rings. The zero-order valence-electron chi connectivity index (χ0n) is 10.8. The topological polar surface area (TPSA) is 110 Å². The first-order valence-electron chi connectivity index (χ1n) is 5.58. The fourth-order valence-corrected chi connectivity index (χ4v) is 1.39. The van der Waals surface area contributed by atoms with Crippen molar-refractivity contribution in [2.45, 2.75) is 19.4 Å². The summed E-state index contributed by atoms with van der Waals surface area (Å²) >= 11 is 0. The standard InChI is InChI=1S/C10H18N6O2/c1-7(4-5-15(2)3)13-9-8(16(17)18)6-12-10(11)14-9/h6-7H,4-5H2,1-3H3,(H3,11,12,13,14). The monoisotopic (exact) mass is 254 g/mol. The first kappa shape index (κ1) is 14.1. The highest BCUT2D eigenvalue weighted by Crippen LogP contribution is 2.22. The van der Waals surface area contributed by atoms with Gasteiger partial charge in [-0.3, -0.25) is 10.1 Å². The van der Waals surface area contributed by atoms with Gasteiger partial charge in [-0.05, 0) is 34.0 Å². The van der Waals surface area contributed by atoms with Crippen LogP contribution >= 0.6 is 0 Å². The quantitative estimate of drug-likeness (QED) is 0.568. The van der Waals surface area contributed by atoms with E-state index in [1.807, 2.05) is 25.9 Å². The van der Waals surface area contributed by atoms with E-state index < -0.39 is 4.92 Å². The molecule has 0 aliphatic heterocycles. The maximum Gasteiger partial charge on any atom is 0.329 e. The lowest BCUT2D eigenvalue weighted by Gasteiger charge is -2.17. The van der Waals surface area contributed by atoms with E-state index in [2.05, 4.69) is 15.3 Å². The van der Waals surface area contributed by atoms with E-state index in [0.29, 0.717) is 0 Å². The molecule has 1 atom stereocenters. The van der Waals surface area contributed by atoms with Gasteiger partial charge in [-0.15, -0.1) is 0 Å². The van der Waals surface area contributed by atoms with Crippen LogP contribution in [0.15, 0.2) is 6.20 Å². The third kappa shape index (κ3) is 4.13. The summed E-state index contributed by atoms with van der Waals surface area (Å²) < 4.78 is 0. The van der Waals surface area contributed by atoms with Crippen LogP contribution < -0.4 is 11.1 Å². The molecule has 0 fully saturated rings. The van der Waals surface area contributed by atoms with Gasteiger partial charge in [0.2, 0.25) is 11.8 Å². The highest BCUT2D eigenvalue weighted by molar-refractivity contribution is 5.56. The molecule has 0 radical (unpaired) electrons. The van der Waals surface area contributed by atoms with Crippen LogP contribution in [0.2, 0.25) is 0 Å². The average Bonchev–Trinajstić information content (AvgIpc) is 2.26. The number of hydrogen-bond donors (Lipinski definition) is 2. The molecule has 0 saturated heterocycles. The van der Waals surface area contributed by atoms with Gasteiger partial charge in [0.15, 0.2) is 0 Å². The first-order valence-corrected chi connectivity index (χ1v) is 5.58. The Labute approximate surface area is 105 Å². The molecule has 1 aromatic heterocycles. The highest BCUT2D eigenvalue weighted by atomic mass is 16.6. The average molecular weight is 254 g/mol. The van der Waals surface area contributed by atoms with Crippen LogP contribution in [0.25, 0.3) is 0 Å². The fourth-order valence-electron chi connectivity index (χ4n) is 1.39. The van der Waals surface area contributed by atoms with E-state index in [4.69, 9.17) is 5.73 Å². The molecular weight excluding hydrogens is 236 g/mol. The van der Waals surface area contributed by atoms with Crippen LogP contribution in [0.3, 0.4) is 0 Å². The van der Waals surface area contributed by atoms with Gasteiger partial charge in [0.1, 0.15) is 6.20 Å². The highest BCUT2D eigenvalue weighted by Gasteiger charge is 2.18. The van der Waals surface area contributed by atoms with E-state index in [9.17, 15) is 10.1 Å². The number of hydrogen-bond acceptors (Lipinski definition) is 7. The van der Waals surface area contributed by atoms with Crippen molar-refractivity contribution in [3.63, 3.8) is 0 Å². The number of nitrogens with two attached hydrogens (primary N) is 1. The lowest BCUT2D eigenvalue weighted by Crippen LogP contribution is -2.24. The van der Waals surface area contributed by atoms with Gasteiger partial charge in [0.05, 0.1) is 4.92 Å². The number of nitro groups is 1. The maximum atomic E-state index is 10.8. The maximum absolute atomic E-state index is 10.8. The van der Waals surface area contributed by atoms with Crippen LogP contribution in [-0.4, -0.2) is 46.5 Å². The number of nitrogens with one attached hydrogen (secondary N) is 1. The van der Waals surface area contributed by atoms with E-state index >= 15 is 0 Å². The second-order valence-corrected chi connectivity index (χ2v) is 4.36. The van der Waals surface area contributed by atoms with Gasteiger partial charge >= 0.3 is 5.69 Å². The van der Waals surface area contributed by atoms with Crippen molar-refractivity contribution in [1.82, 2.24) is 14.9 Å². The predicted octanol–water partition coefficient (Wildman–Crippen LogP) is 0.719. The van der Waals surface area contributed by atoms with Crippen LogP contribution in [-0.2, 0) is 0 Å². The summed E-state index contributed by atoms with van der Waals surface area (Å²) in [7, 11) is 3.94. The third-order valence-corrected chi connectivity index (χ3v) is 2.38. The summed E-state index contributed by atoms with van der Waals surface area (Å²) in [6.07, 6.45) is 1.96. The molecule has 0 saturated carbocycles. The minimum absolute atomic E-state index is 0.0166. The number of anilines is 2. The van der Waals surface area contributed by atoms with Crippen molar-refractivity contribution >= 4 is 17.5 Å². The van der Waals surface area contributed by atoms with Crippen molar-refractivity contribution in [2.24, 2.45) is 0 Å². The van der Waals surface area contributed by atoms with Crippen LogP contribution in [0.1, 0.15) is 13.3 Å². The zero-order chi connectivity index (χ0) is 13.7. The Morgan fingerprint density at radius 3 is 2.83 bits per heavy atom. The van der Waals surface area contributed by atoms with E-state index in [0.717, 1.165) is 19.2 Å². The molecule has 0 amide bonds. The van der Waals surface area contributed by atoms with Crippen molar-refractivity contribution in [3.8, 4) is 0 Å². The summed E-state index contributed by atoms with van der Waals surface area (Å²) in [6.45, 7) is 2.81. The molecule has 3 N–H and O–H groups in total. The number of nitrogen functional groups attached to an aromatic ring is 1. The van der Waals surface area contributed by atoms with Crippen LogP contribution in [0, 0.1) is 10.1 Å². The van der Waals surface area contributed by atoms with E-state index in [1.165, 1.54) is 0 Å². The van der Waals surface area contributed by atoms with Gasteiger partial charge in [0, 0.05) is 6.04 Å². The molecule has 1 rings (SSSR count). The van der Waals surface area contributed by atoms with Gasteiger partial charge in [-0.25, -0.2) is 4.98 Å². The zero-order valence-corrected chi connectivity index (χ0v) is 10.8. The Balaban J connectivity index is 2.76. The molecular formula is C10H18N6O2. The van der Waals surface area contributed by atoms with Crippen molar-refractivity contribution < 1.29 is 4.92 Å². The Bertz CT molecular complexity index is 423. The molecule has 1 unspecified atom stereocenters. The van der Waals surface area contributed by atoms with Crippen molar-refractivity contribution in [3.05, 3.63) is 16.3 Å². The van der Waals surface area contributed by atoms with E-state index in [1.54, 1.807) is 0 Å². The number of nitrogens with zero attached hydrogens (tertiary/aromatic N) is 4. The summed E-state index contributed by atoms with van der Waals surface area (Å²) in [6, 6.07) is 0.0559. The normalized spacial score (nSPS) is 12.4. The Kier molecular flexibility index (Phi) is 4.78. The Hall–Kier alpha value is -1.96. The first-order chi connectivity index (χ1) is 8.40. The molecule has 18 heavy (non-hydrogen) atoms. The lowest BCUT2D eigenvalue weighted by atomic mass is 10.2. The molecule has 0 aromatic carbocycles. The second-order valence-electron chi connectivity index (χ2n) is 4.36. The fraction of sp³-hybridized carbons (Fsp3) is 0.600. The summed E-state index contributed by atoms with van der Waals surface area (Å²) in [5.41, 5.74) is 5.27. The van der Waals surface area contributed by atoms with Crippen molar-refractivity contribution in [1.29, 1.82) is 0 Å². The second kappa shape index (κ2) is 6.10. The predicted molar refractivity (Wildman–Crippen MR) is 69.4 cm³/mol. The smallest absolute Gasteiger partial charge is 0.329 e. The largest absolute Gasteiger partial charge is 0.368 e. The molecule has 0 aliphatic carbocycles. The van der Waals surface area contributed by atoms with Crippen LogP contribution in [0.4, 0.5) is 17.5 Å². The Morgan fingerprint density at radius 2 is 2.28 bits per heavy atom. The van der Waals surface area contributed by atoms with Crippen molar-refractivity contribution in [2.75, 3.05) is 31.7 Å². The molecule has 0 bridgehead atoms. The van der Waals surface area contributed by atoms with Gasteiger partial charge in [0.25, 0.3) is 0 Å². The Morgan fingerprint density at radius 1 is 1.61 bits per heavy atom. The van der Waals surface area contributed by atoms with Crippen LogP contribution in [0.5, 0.6) is 0 Å². The van der Waals surface area contributed by atoms with Gasteiger partial charge in [-0.2, -0.15) is 4.98 Å². The molecule has 8 heteroatoms. The van der Waals surface area contributed by atoms with E-state index in [-0.39, 0.29) is 23.5 Å². The summed E-state index contributed by atoms with van der Waals surface area (Å²) in [4.78, 5) is 19.8. The summed E-state index contributed by atoms with van der Waals surface area (Å²) in [5.74, 6) is 0.182.